The first-order chi connectivity index (χ1) is 15.1. The van der Waals surface area contributed by atoms with Crippen LogP contribution < -0.4 is 5.32 Å². The zero-order valence-corrected chi connectivity index (χ0v) is 19.0. The Morgan fingerprint density at radius 3 is 2.35 bits per heavy atom. The summed E-state index contributed by atoms with van der Waals surface area (Å²) in [5.41, 5.74) is 0. The van der Waals surface area contributed by atoms with Crippen LogP contribution in [0.5, 0.6) is 0 Å². The monoisotopic (exact) mass is 464 g/mol. The highest BCUT2D eigenvalue weighted by Crippen LogP contribution is 2.25. The highest BCUT2D eigenvalue weighted by atomic mass is 32.2. The molecule has 0 saturated carbocycles. The summed E-state index contributed by atoms with van der Waals surface area (Å²) in [4.78, 5) is 18.3. The number of nitrogens with zero attached hydrogens (tertiary/aromatic N) is 3. The number of amides is 2. The molecule has 0 radical (unpaired) electrons. The number of thiophene rings is 1. The smallest absolute Gasteiger partial charge is 0.317 e. The van der Waals surface area contributed by atoms with E-state index in [9.17, 15) is 13.2 Å². The van der Waals surface area contributed by atoms with Crippen LogP contribution in [0, 0.1) is 0 Å². The average Bonchev–Trinajstić information content (AvgIpc) is 3.35. The number of urea groups is 1. The first-order valence-corrected chi connectivity index (χ1v) is 12.8. The highest BCUT2D eigenvalue weighted by molar-refractivity contribution is 7.89. The van der Waals surface area contributed by atoms with E-state index in [4.69, 9.17) is 4.74 Å². The lowest BCUT2D eigenvalue weighted by molar-refractivity contribution is 0.0171. The summed E-state index contributed by atoms with van der Waals surface area (Å²) in [6.45, 7) is 4.94. The van der Waals surface area contributed by atoms with Gasteiger partial charge in [0.1, 0.15) is 0 Å². The fraction of sp³-hybridized carbons (Fsp3) is 0.476. The Labute approximate surface area is 187 Å². The van der Waals surface area contributed by atoms with Crippen LogP contribution in [0.15, 0.2) is 52.7 Å². The molecule has 1 atom stereocenters. The van der Waals surface area contributed by atoms with E-state index in [1.807, 2.05) is 6.07 Å². The van der Waals surface area contributed by atoms with Crippen molar-refractivity contribution in [3.8, 4) is 0 Å². The molecular formula is C21H28N4O4S2. The van der Waals surface area contributed by atoms with Crippen LogP contribution in [-0.4, -0.2) is 87.6 Å². The van der Waals surface area contributed by atoms with Crippen LogP contribution in [-0.2, 0) is 14.8 Å². The first kappa shape index (κ1) is 22.2. The number of rotatable bonds is 6. The number of benzene rings is 1. The minimum Gasteiger partial charge on any atom is -0.379 e. The maximum Gasteiger partial charge on any atom is 0.317 e. The minimum atomic E-state index is -3.52. The SMILES string of the molecule is O=C(NCC(c1cccs1)N1CCOCC1)N1CCN(S(=O)(=O)c2ccccc2)CC1. The van der Waals surface area contributed by atoms with Crippen LogP contribution in [0.4, 0.5) is 4.79 Å². The van der Waals surface area contributed by atoms with E-state index in [1.54, 1.807) is 46.6 Å². The normalized spacial score (nSPS) is 19.8. The number of morpholine rings is 1. The predicted octanol–water partition coefficient (Wildman–Crippen LogP) is 1.84. The van der Waals surface area contributed by atoms with E-state index in [0.29, 0.717) is 45.9 Å². The van der Waals surface area contributed by atoms with Crippen LogP contribution >= 0.6 is 11.3 Å². The quantitative estimate of drug-likeness (QED) is 0.706. The Balaban J connectivity index is 1.32. The lowest BCUT2D eigenvalue weighted by Gasteiger charge is -2.36. The van der Waals surface area contributed by atoms with E-state index >= 15 is 0 Å². The molecule has 8 nitrogen and oxygen atoms in total. The van der Waals surface area contributed by atoms with Crippen LogP contribution in [0.3, 0.4) is 0 Å². The van der Waals surface area contributed by atoms with Crippen molar-refractivity contribution in [1.82, 2.24) is 19.4 Å². The molecule has 0 aliphatic carbocycles. The van der Waals surface area contributed by atoms with Gasteiger partial charge in [0.05, 0.1) is 24.2 Å². The van der Waals surface area contributed by atoms with E-state index in [0.717, 1.165) is 13.1 Å². The largest absolute Gasteiger partial charge is 0.379 e. The maximum absolute atomic E-state index is 12.8. The summed E-state index contributed by atoms with van der Waals surface area (Å²) in [6.07, 6.45) is 0. The molecule has 2 aliphatic heterocycles. The number of nitrogens with one attached hydrogen (secondary N) is 1. The highest BCUT2D eigenvalue weighted by Gasteiger charge is 2.31. The average molecular weight is 465 g/mol. The number of sulfonamides is 1. The molecule has 1 unspecified atom stereocenters. The van der Waals surface area contributed by atoms with Crippen molar-refractivity contribution < 1.29 is 17.9 Å². The lowest BCUT2D eigenvalue weighted by atomic mass is 10.2. The molecule has 1 N–H and O–H groups in total. The Hall–Kier alpha value is -1.98. The Morgan fingerprint density at radius 1 is 1.00 bits per heavy atom. The van der Waals surface area contributed by atoms with Crippen molar-refractivity contribution >= 4 is 27.4 Å². The molecule has 31 heavy (non-hydrogen) atoms. The fourth-order valence-electron chi connectivity index (χ4n) is 3.95. The van der Waals surface area contributed by atoms with Crippen molar-refractivity contribution in [3.05, 3.63) is 52.7 Å². The van der Waals surface area contributed by atoms with Gasteiger partial charge in [-0.3, -0.25) is 4.90 Å². The third kappa shape index (κ3) is 5.27. The lowest BCUT2D eigenvalue weighted by Crippen LogP contribution is -2.54. The van der Waals surface area contributed by atoms with Gasteiger partial charge in [-0.25, -0.2) is 13.2 Å². The number of ether oxygens (including phenoxy) is 1. The van der Waals surface area contributed by atoms with Gasteiger partial charge in [-0.2, -0.15) is 4.31 Å². The summed E-state index contributed by atoms with van der Waals surface area (Å²) in [6, 6.07) is 12.5. The second-order valence-electron chi connectivity index (χ2n) is 7.57. The fourth-order valence-corrected chi connectivity index (χ4v) is 6.25. The summed E-state index contributed by atoms with van der Waals surface area (Å²) in [7, 11) is -3.52. The van der Waals surface area contributed by atoms with Gasteiger partial charge < -0.3 is 15.0 Å². The minimum absolute atomic E-state index is 0.118. The van der Waals surface area contributed by atoms with Gasteiger partial charge in [0.2, 0.25) is 10.0 Å². The summed E-state index contributed by atoms with van der Waals surface area (Å²) < 4.78 is 32.5. The van der Waals surface area contributed by atoms with Gasteiger partial charge in [-0.05, 0) is 23.6 Å². The van der Waals surface area contributed by atoms with Gasteiger partial charge in [-0.15, -0.1) is 11.3 Å². The van der Waals surface area contributed by atoms with Crippen LogP contribution in [0.2, 0.25) is 0 Å². The molecule has 1 aromatic carbocycles. The molecular weight excluding hydrogens is 436 g/mol. The zero-order valence-electron chi connectivity index (χ0n) is 17.4. The Bertz CT molecular complexity index is 939. The van der Waals surface area contributed by atoms with Crippen LogP contribution in [0.25, 0.3) is 0 Å². The van der Waals surface area contributed by atoms with Crippen molar-refractivity contribution in [3.63, 3.8) is 0 Å². The molecule has 1 aromatic heterocycles. The maximum atomic E-state index is 12.8. The van der Waals surface area contributed by atoms with Crippen molar-refractivity contribution in [2.75, 3.05) is 59.0 Å². The van der Waals surface area contributed by atoms with Crippen molar-refractivity contribution in [1.29, 1.82) is 0 Å². The van der Waals surface area contributed by atoms with Crippen molar-refractivity contribution in [2.24, 2.45) is 0 Å². The summed E-state index contributed by atoms with van der Waals surface area (Å²) in [5.74, 6) is 0. The number of hydrogen-bond acceptors (Lipinski definition) is 6. The van der Waals surface area contributed by atoms with E-state index in [1.165, 1.54) is 9.18 Å². The van der Waals surface area contributed by atoms with Crippen molar-refractivity contribution in [2.45, 2.75) is 10.9 Å². The van der Waals surface area contributed by atoms with E-state index in [2.05, 4.69) is 21.7 Å². The molecule has 4 rings (SSSR count). The summed E-state index contributed by atoms with van der Waals surface area (Å²) in [5, 5.41) is 5.12. The summed E-state index contributed by atoms with van der Waals surface area (Å²) >= 11 is 1.69. The van der Waals surface area contributed by atoms with Gasteiger partial charge in [0, 0.05) is 50.7 Å². The van der Waals surface area contributed by atoms with E-state index in [-0.39, 0.29) is 17.0 Å². The molecule has 2 aromatic rings. The standard InChI is InChI=1S/C21H28N4O4S2/c26-21(22-17-19(20-7-4-16-30-20)23-12-14-29-15-13-23)24-8-10-25(11-9-24)31(27,28)18-5-2-1-3-6-18/h1-7,16,19H,8-15,17H2,(H,22,26). The number of hydrogen-bond donors (Lipinski definition) is 1. The molecule has 3 heterocycles. The Kier molecular flexibility index (Phi) is 7.24. The number of carbonyl (C=O) groups excluding carboxylic acids is 1. The molecule has 168 valence electrons. The molecule has 0 spiro atoms. The topological polar surface area (TPSA) is 82.2 Å². The molecule has 2 aliphatic rings. The van der Waals surface area contributed by atoms with Gasteiger partial charge in [-0.1, -0.05) is 24.3 Å². The van der Waals surface area contributed by atoms with Crippen LogP contribution in [0.1, 0.15) is 10.9 Å². The molecule has 10 heteroatoms. The van der Waals surface area contributed by atoms with E-state index < -0.39 is 10.0 Å². The van der Waals surface area contributed by atoms with Gasteiger partial charge in [0.25, 0.3) is 0 Å². The molecule has 2 fully saturated rings. The third-order valence-corrected chi connectivity index (χ3v) is 8.60. The first-order valence-electron chi connectivity index (χ1n) is 10.5. The predicted molar refractivity (Wildman–Crippen MR) is 120 cm³/mol. The van der Waals surface area contributed by atoms with Gasteiger partial charge in [0.15, 0.2) is 0 Å². The number of piperazine rings is 1. The third-order valence-electron chi connectivity index (χ3n) is 5.71. The molecule has 2 amide bonds. The number of carbonyl (C=O) groups is 1. The molecule has 2 saturated heterocycles. The second-order valence-corrected chi connectivity index (χ2v) is 10.5. The molecule has 0 bridgehead atoms. The second kappa shape index (κ2) is 10.1. The zero-order chi connectivity index (χ0) is 21.7. The van der Waals surface area contributed by atoms with Gasteiger partial charge >= 0.3 is 6.03 Å². The Morgan fingerprint density at radius 2 is 1.71 bits per heavy atom.